The number of hydrogen-bond acceptors (Lipinski definition) is 3. The van der Waals surface area contributed by atoms with Gasteiger partial charge in [-0.15, -0.1) is 0 Å². The van der Waals surface area contributed by atoms with Crippen molar-refractivity contribution in [2.24, 2.45) is 11.1 Å². The average molecular weight is 387 g/mol. The van der Waals surface area contributed by atoms with E-state index in [0.29, 0.717) is 5.69 Å². The molecule has 0 atom stereocenters. The fourth-order valence-corrected chi connectivity index (χ4v) is 4.17. The molecule has 1 saturated carbocycles. The number of carbonyl (C=O) groups is 1. The molecule has 1 heterocycles. The summed E-state index contributed by atoms with van der Waals surface area (Å²) in [6.07, 6.45) is 5.74. The van der Waals surface area contributed by atoms with Crippen molar-refractivity contribution in [3.63, 3.8) is 0 Å². The van der Waals surface area contributed by atoms with Gasteiger partial charge in [0.1, 0.15) is 0 Å². The van der Waals surface area contributed by atoms with E-state index in [4.69, 9.17) is 11.4 Å². The first-order valence-electron chi connectivity index (χ1n) is 10.3. The first-order valence-corrected chi connectivity index (χ1v) is 10.3. The summed E-state index contributed by atoms with van der Waals surface area (Å²) in [5.41, 5.74) is 4.69. The molecule has 29 heavy (non-hydrogen) atoms. The van der Waals surface area contributed by atoms with Gasteiger partial charge in [-0.25, -0.2) is 9.64 Å². The monoisotopic (exact) mass is 387 g/mol. The standard InChI is InChI=1S/C24H25N3O2/c1-4-27-23-12-9-18(14-20(23)21-15-19(25-3)10-13-24(21)27)22(26-29-16(2)28)11-8-17-6-5-7-17/h9-10,12-15,17H,4-8,11H2,1-2H3/b26-22+. The highest BCUT2D eigenvalue weighted by atomic mass is 16.7. The van der Waals surface area contributed by atoms with E-state index in [-0.39, 0.29) is 0 Å². The Morgan fingerprint density at radius 1 is 1.21 bits per heavy atom. The average Bonchev–Trinajstić information content (AvgIpc) is 3.01. The van der Waals surface area contributed by atoms with Gasteiger partial charge in [0.2, 0.25) is 0 Å². The van der Waals surface area contributed by atoms with Crippen molar-refractivity contribution in [1.82, 2.24) is 4.57 Å². The number of rotatable bonds is 6. The normalized spacial score (nSPS) is 14.7. The molecule has 1 aromatic heterocycles. The van der Waals surface area contributed by atoms with E-state index in [1.807, 2.05) is 18.2 Å². The van der Waals surface area contributed by atoms with Crippen LogP contribution in [-0.2, 0) is 16.2 Å². The second-order valence-electron chi connectivity index (χ2n) is 7.75. The molecule has 0 bridgehead atoms. The van der Waals surface area contributed by atoms with E-state index in [1.54, 1.807) is 0 Å². The summed E-state index contributed by atoms with van der Waals surface area (Å²) in [5.74, 6) is 0.348. The van der Waals surface area contributed by atoms with Gasteiger partial charge in [0.25, 0.3) is 0 Å². The van der Waals surface area contributed by atoms with E-state index in [9.17, 15) is 4.79 Å². The van der Waals surface area contributed by atoms with E-state index in [0.717, 1.165) is 58.4 Å². The van der Waals surface area contributed by atoms with Gasteiger partial charge in [0.05, 0.1) is 12.3 Å². The second-order valence-corrected chi connectivity index (χ2v) is 7.75. The third-order valence-corrected chi connectivity index (χ3v) is 5.93. The van der Waals surface area contributed by atoms with Crippen molar-refractivity contribution in [1.29, 1.82) is 0 Å². The summed E-state index contributed by atoms with van der Waals surface area (Å²) in [7, 11) is 0. The maximum absolute atomic E-state index is 11.3. The van der Waals surface area contributed by atoms with E-state index in [1.165, 1.54) is 26.2 Å². The summed E-state index contributed by atoms with van der Waals surface area (Å²) in [4.78, 5) is 19.9. The molecule has 1 fully saturated rings. The molecule has 0 amide bonds. The molecule has 5 nitrogen and oxygen atoms in total. The zero-order valence-electron chi connectivity index (χ0n) is 16.9. The second kappa shape index (κ2) is 8.08. The lowest BCUT2D eigenvalue weighted by Crippen LogP contribution is -2.14. The zero-order chi connectivity index (χ0) is 20.4. The van der Waals surface area contributed by atoms with Crippen LogP contribution in [0.1, 0.15) is 51.5 Å². The first-order chi connectivity index (χ1) is 14.1. The Labute approximate surface area is 170 Å². The Morgan fingerprint density at radius 3 is 2.55 bits per heavy atom. The molecule has 2 aromatic carbocycles. The van der Waals surface area contributed by atoms with Crippen LogP contribution in [0.5, 0.6) is 0 Å². The number of benzene rings is 2. The summed E-state index contributed by atoms with van der Waals surface area (Å²) in [5, 5.41) is 6.36. The lowest BCUT2D eigenvalue weighted by atomic mass is 9.81. The summed E-state index contributed by atoms with van der Waals surface area (Å²) in [6, 6.07) is 12.1. The van der Waals surface area contributed by atoms with E-state index >= 15 is 0 Å². The third kappa shape index (κ3) is 3.75. The Hall–Kier alpha value is -3.13. The van der Waals surface area contributed by atoms with Crippen LogP contribution in [0.15, 0.2) is 41.6 Å². The molecular formula is C24H25N3O2. The smallest absolute Gasteiger partial charge is 0.331 e. The van der Waals surface area contributed by atoms with Gasteiger partial charge >= 0.3 is 5.97 Å². The van der Waals surface area contributed by atoms with Crippen LogP contribution >= 0.6 is 0 Å². The number of aromatic nitrogens is 1. The molecule has 0 N–H and O–H groups in total. The van der Waals surface area contributed by atoms with E-state index in [2.05, 4.69) is 39.7 Å². The number of aryl methyl sites for hydroxylation is 1. The highest BCUT2D eigenvalue weighted by Crippen LogP contribution is 2.34. The van der Waals surface area contributed by atoms with Gasteiger partial charge in [0.15, 0.2) is 5.69 Å². The van der Waals surface area contributed by atoms with Crippen LogP contribution < -0.4 is 0 Å². The van der Waals surface area contributed by atoms with Gasteiger partial charge < -0.3 is 9.40 Å². The summed E-state index contributed by atoms with van der Waals surface area (Å²) < 4.78 is 2.26. The molecule has 148 valence electrons. The molecule has 3 aromatic rings. The predicted molar refractivity (Wildman–Crippen MR) is 116 cm³/mol. The third-order valence-electron chi connectivity index (χ3n) is 5.93. The number of oxime groups is 1. The topological polar surface area (TPSA) is 47.9 Å². The fourth-order valence-electron chi connectivity index (χ4n) is 4.17. The Kier molecular flexibility index (Phi) is 5.35. The maximum atomic E-state index is 11.3. The lowest BCUT2D eigenvalue weighted by molar-refractivity contribution is -0.140. The number of nitrogens with zero attached hydrogens (tertiary/aromatic N) is 3. The molecule has 0 spiro atoms. The first kappa shape index (κ1) is 19.2. The van der Waals surface area contributed by atoms with Gasteiger partial charge in [-0.2, -0.15) is 0 Å². The van der Waals surface area contributed by atoms with Crippen molar-refractivity contribution < 1.29 is 9.63 Å². The Morgan fingerprint density at radius 2 is 1.93 bits per heavy atom. The fraction of sp³-hybridized carbons (Fsp3) is 0.375. The minimum Gasteiger partial charge on any atom is -0.341 e. The number of hydrogen-bond donors (Lipinski definition) is 0. The zero-order valence-corrected chi connectivity index (χ0v) is 16.9. The van der Waals surface area contributed by atoms with Gasteiger partial charge in [-0.3, -0.25) is 0 Å². The molecule has 5 heteroatoms. The van der Waals surface area contributed by atoms with Crippen molar-refractivity contribution in [2.75, 3.05) is 0 Å². The molecule has 0 radical (unpaired) electrons. The van der Waals surface area contributed by atoms with Crippen LogP contribution in [0.25, 0.3) is 26.7 Å². The maximum Gasteiger partial charge on any atom is 0.331 e. The van der Waals surface area contributed by atoms with E-state index < -0.39 is 5.97 Å². The molecule has 0 saturated heterocycles. The molecule has 0 aliphatic heterocycles. The predicted octanol–water partition coefficient (Wildman–Crippen LogP) is 6.21. The number of fused-ring (bicyclic) bond motifs is 3. The van der Waals surface area contributed by atoms with Crippen molar-refractivity contribution >= 4 is 39.2 Å². The minimum atomic E-state index is -0.406. The Balaban J connectivity index is 1.80. The SMILES string of the molecule is [C-]#[N+]c1ccc2c(c1)c1cc(/C(CCC3CCC3)=N/OC(C)=O)ccc1n2CC. The van der Waals surface area contributed by atoms with Gasteiger partial charge in [0, 0.05) is 35.5 Å². The van der Waals surface area contributed by atoms with Crippen LogP contribution in [0, 0.1) is 12.5 Å². The van der Waals surface area contributed by atoms with Gasteiger partial charge in [-0.1, -0.05) is 36.6 Å². The van der Waals surface area contributed by atoms with Crippen LogP contribution in [0.4, 0.5) is 5.69 Å². The molecule has 1 aliphatic rings. The number of carbonyl (C=O) groups excluding carboxylic acids is 1. The van der Waals surface area contributed by atoms with Crippen molar-refractivity contribution in [3.05, 3.63) is 53.4 Å². The Bertz CT molecular complexity index is 1150. The van der Waals surface area contributed by atoms with Crippen LogP contribution in [0.2, 0.25) is 0 Å². The quantitative estimate of drug-likeness (QED) is 0.218. The summed E-state index contributed by atoms with van der Waals surface area (Å²) >= 11 is 0. The van der Waals surface area contributed by atoms with Crippen LogP contribution in [0.3, 0.4) is 0 Å². The molecule has 0 unspecified atom stereocenters. The minimum absolute atomic E-state index is 0.406. The lowest BCUT2D eigenvalue weighted by Gasteiger charge is -2.25. The largest absolute Gasteiger partial charge is 0.341 e. The highest BCUT2D eigenvalue weighted by molar-refractivity contribution is 6.12. The van der Waals surface area contributed by atoms with Crippen molar-refractivity contribution in [2.45, 2.75) is 52.5 Å². The molecule has 1 aliphatic carbocycles. The highest BCUT2D eigenvalue weighted by Gasteiger charge is 2.19. The summed E-state index contributed by atoms with van der Waals surface area (Å²) in [6.45, 7) is 11.7. The van der Waals surface area contributed by atoms with Gasteiger partial charge in [-0.05, 0) is 55.3 Å². The molecule has 4 rings (SSSR count). The van der Waals surface area contributed by atoms with Crippen LogP contribution in [-0.4, -0.2) is 16.2 Å². The van der Waals surface area contributed by atoms with Crippen molar-refractivity contribution in [3.8, 4) is 0 Å². The molecular weight excluding hydrogens is 362 g/mol.